The van der Waals surface area contributed by atoms with Crippen LogP contribution in [0, 0.1) is 18.8 Å². The van der Waals surface area contributed by atoms with Crippen LogP contribution < -0.4 is 18.9 Å². The Morgan fingerprint density at radius 1 is 0.603 bits per heavy atom. The van der Waals surface area contributed by atoms with E-state index in [-0.39, 0.29) is 42.7 Å². The quantitative estimate of drug-likeness (QED) is 0.118. The van der Waals surface area contributed by atoms with Gasteiger partial charge in [-0.25, -0.2) is 0 Å². The Bertz CT molecular complexity index is 3450. The number of hydrogen-bond donors (Lipinski definition) is 0. The minimum absolute atomic E-state index is 0. The number of nitrogens with zero attached hydrogens (tertiary/aromatic N) is 4. The molecule has 6 aromatic carbocycles. The summed E-state index contributed by atoms with van der Waals surface area (Å²) in [5, 5.41) is 1.37. The number of aromatic nitrogens is 2. The third-order valence-corrected chi connectivity index (χ3v) is 24.1. The van der Waals surface area contributed by atoms with Gasteiger partial charge in [-0.05, 0) is 56.2 Å². The van der Waals surface area contributed by atoms with Crippen LogP contribution >= 0.6 is 0 Å². The molecule has 11 rings (SSSR count). The monoisotopic (exact) mass is 1200 g/mol. The summed E-state index contributed by atoms with van der Waals surface area (Å²) in [6, 6.07) is 52.4. The minimum Gasteiger partial charge on any atom is -0.0561 e. The van der Waals surface area contributed by atoms with Gasteiger partial charge in [0.05, 0.1) is 0 Å². The zero-order valence-corrected chi connectivity index (χ0v) is 49.5. The van der Waals surface area contributed by atoms with Crippen molar-refractivity contribution in [2.24, 2.45) is 0 Å². The Morgan fingerprint density at radius 2 is 1.21 bits per heavy atom. The van der Waals surface area contributed by atoms with E-state index in [2.05, 4.69) is 255 Å². The van der Waals surface area contributed by atoms with Crippen molar-refractivity contribution in [2.45, 2.75) is 127 Å². The summed E-state index contributed by atoms with van der Waals surface area (Å²) in [4.78, 5) is 9.69. The van der Waals surface area contributed by atoms with Gasteiger partial charge in [0.1, 0.15) is 0 Å². The summed E-state index contributed by atoms with van der Waals surface area (Å²) < 4.78 is 11.4. The second-order valence-corrected chi connectivity index (χ2v) is 35.0. The number of fused-ring (bicyclic) bond motifs is 1. The molecule has 1 aliphatic carbocycles. The van der Waals surface area contributed by atoms with Crippen LogP contribution in [0.3, 0.4) is 0 Å². The Kier molecular flexibility index (Phi) is 12.6. The first kappa shape index (κ1) is 50.9. The fraction of sp³-hybridized carbons (Fsp3) is 0.303. The van der Waals surface area contributed by atoms with Crippen LogP contribution in [-0.2, 0) is 42.7 Å². The van der Waals surface area contributed by atoms with E-state index >= 15 is 0 Å². The van der Waals surface area contributed by atoms with Crippen LogP contribution in [0.15, 0.2) is 134 Å². The first-order valence-corrected chi connectivity index (χ1v) is 32.3. The molecule has 0 saturated carbocycles. The Labute approximate surface area is 452 Å². The van der Waals surface area contributed by atoms with Gasteiger partial charge in [-0.2, -0.15) is 0 Å². The molecule has 8 aromatic rings. The topological polar surface area (TPSA) is 33.5 Å². The molecular formula is C66H69GeN4OPt-3. The summed E-state index contributed by atoms with van der Waals surface area (Å²) in [5.41, 5.74) is 17.8. The van der Waals surface area contributed by atoms with E-state index in [1.807, 2.05) is 12.3 Å². The number of benzene rings is 6. The number of para-hydroxylation sites is 2. The maximum Gasteiger partial charge on any atom is 0 e. The normalized spacial score (nSPS) is 16.0. The number of hydrogen-bond acceptors (Lipinski definition) is 4. The van der Waals surface area contributed by atoms with Crippen LogP contribution in [0.4, 0.5) is 22.7 Å². The molecule has 0 radical (unpaired) electrons. The first-order chi connectivity index (χ1) is 34.0. The van der Waals surface area contributed by atoms with Crippen molar-refractivity contribution >= 4 is 57.4 Å². The number of ether oxygens (including phenoxy) is 1. The van der Waals surface area contributed by atoms with Crippen LogP contribution in [-0.4, -0.2) is 22.8 Å². The molecule has 0 fully saturated rings. The molecule has 0 amide bonds. The van der Waals surface area contributed by atoms with Gasteiger partial charge in [0.2, 0.25) is 0 Å². The van der Waals surface area contributed by atoms with Crippen LogP contribution in [0.5, 0.6) is 11.5 Å². The third kappa shape index (κ3) is 8.95. The Hall–Kier alpha value is -5.62. The van der Waals surface area contributed by atoms with E-state index in [1.165, 1.54) is 65.5 Å². The molecule has 376 valence electrons. The zero-order chi connectivity index (χ0) is 50.9. The molecule has 0 N–H and O–H groups in total. The second kappa shape index (κ2) is 18.1. The van der Waals surface area contributed by atoms with Gasteiger partial charge >= 0.3 is 267 Å². The van der Waals surface area contributed by atoms with Gasteiger partial charge in [0.15, 0.2) is 0 Å². The first-order valence-electron chi connectivity index (χ1n) is 25.9. The fourth-order valence-electron chi connectivity index (χ4n) is 11.2. The molecule has 73 heavy (non-hydrogen) atoms. The van der Waals surface area contributed by atoms with Crippen molar-refractivity contribution in [1.82, 2.24) is 9.55 Å². The van der Waals surface area contributed by atoms with Gasteiger partial charge < -0.3 is 0 Å². The number of anilines is 4. The minimum atomic E-state index is -2.59. The molecule has 0 saturated heterocycles. The SMILES string of the molecule is CC(C)(C)c1cc(-c2cc(C(C)(C)C)cc(-c3ccccc3)c2N2[CH-]N(c3[c-]c(Oc4[c-]c5c6[c](c4)[Ge]([CH3])([CH3])[CH]4CC=Cc(c64)n5-c4cc(C(C)(C)C)ccn4)ccc3)c3ccccc32)cc(C(C)(C)C)c1.[Pt]. The number of pyridine rings is 1. The standard InChI is InChI=1S/C66H69GeN4O.Pt/c1-63(2,3)44-30-31-68-59(37-44)71-57-29-21-26-53-60(57)61-54(67(53,13)14)39-50(40-58(61)71)72-49-25-20-24-48(38-49)69-41-70(56-28-19-18-27-55(56)69)62-51(42-22-16-15-17-23-42)35-47(66(10,11)12)36-52(62)43-32-45(64(4,5)6)34-46(33-43)65(7,8)9;/h15-25,27-37,39,41,53H,26H2,1-14H3;/q-3;. The van der Waals surface area contributed by atoms with Crippen molar-refractivity contribution < 1.29 is 25.8 Å². The summed E-state index contributed by atoms with van der Waals surface area (Å²) >= 11 is -2.59. The van der Waals surface area contributed by atoms with Crippen LogP contribution in [0.1, 0.15) is 128 Å². The summed E-state index contributed by atoms with van der Waals surface area (Å²) in [7, 11) is 0. The largest absolute Gasteiger partial charge is 0.0561 e. The molecule has 3 aliphatic rings. The smallest absolute Gasteiger partial charge is 0 e. The third-order valence-electron chi connectivity index (χ3n) is 15.6. The zero-order valence-electron chi connectivity index (χ0n) is 45.2. The molecule has 2 aliphatic heterocycles. The van der Waals surface area contributed by atoms with E-state index in [0.717, 1.165) is 40.5 Å². The summed E-state index contributed by atoms with van der Waals surface area (Å²) in [6.45, 7) is 30.0. The van der Waals surface area contributed by atoms with Crippen LogP contribution in [0.25, 0.3) is 45.1 Å². The van der Waals surface area contributed by atoms with Crippen molar-refractivity contribution in [3.05, 3.63) is 186 Å². The maximum absolute atomic E-state index is 7.00. The molecule has 1 atom stereocenters. The van der Waals surface area contributed by atoms with E-state index in [4.69, 9.17) is 9.72 Å². The van der Waals surface area contributed by atoms with Gasteiger partial charge in [-0.1, -0.05) is 111 Å². The van der Waals surface area contributed by atoms with Crippen molar-refractivity contribution in [2.75, 3.05) is 9.80 Å². The Morgan fingerprint density at radius 3 is 1.85 bits per heavy atom. The molecule has 5 nitrogen and oxygen atoms in total. The molecular weight excluding hydrogens is 1130 g/mol. The van der Waals surface area contributed by atoms with E-state index < -0.39 is 13.3 Å². The molecule has 4 heterocycles. The molecule has 1 unspecified atom stereocenters. The van der Waals surface area contributed by atoms with Crippen molar-refractivity contribution in [3.8, 4) is 39.6 Å². The predicted molar refractivity (Wildman–Crippen MR) is 306 cm³/mol. The Balaban J connectivity index is 0.00000611. The van der Waals surface area contributed by atoms with Gasteiger partial charge in [0.25, 0.3) is 0 Å². The van der Waals surface area contributed by atoms with Gasteiger partial charge in [-0.15, -0.1) is 0 Å². The van der Waals surface area contributed by atoms with Gasteiger partial charge in [0, 0.05) is 21.1 Å². The van der Waals surface area contributed by atoms with E-state index in [9.17, 15) is 0 Å². The number of rotatable bonds is 7. The summed E-state index contributed by atoms with van der Waals surface area (Å²) in [6.07, 6.45) is 7.74. The van der Waals surface area contributed by atoms with Crippen molar-refractivity contribution in [1.29, 1.82) is 0 Å². The van der Waals surface area contributed by atoms with Gasteiger partial charge in [-0.3, -0.25) is 0 Å². The average Bonchev–Trinajstić information content (AvgIpc) is 3.96. The maximum atomic E-state index is 7.00. The molecule has 7 heteroatoms. The molecule has 0 bridgehead atoms. The summed E-state index contributed by atoms with van der Waals surface area (Å²) in [5.74, 6) is 7.44. The number of allylic oxidation sites excluding steroid dienone is 1. The van der Waals surface area contributed by atoms with E-state index in [1.54, 1.807) is 0 Å². The second-order valence-electron chi connectivity index (χ2n) is 25.2. The average molecular weight is 1200 g/mol. The van der Waals surface area contributed by atoms with E-state index in [0.29, 0.717) is 16.2 Å². The molecule has 2 aromatic heterocycles. The van der Waals surface area contributed by atoms with Crippen molar-refractivity contribution in [3.63, 3.8) is 0 Å². The fourth-order valence-corrected chi connectivity index (χ4v) is 18.6. The van der Waals surface area contributed by atoms with Crippen LogP contribution in [0.2, 0.25) is 11.5 Å². The molecule has 0 spiro atoms. The predicted octanol–water partition coefficient (Wildman–Crippen LogP) is 17.3.